The number of carbonyl (C=O) groups excluding carboxylic acids is 1. The van der Waals surface area contributed by atoms with Crippen molar-refractivity contribution in [2.45, 2.75) is 18.3 Å². The van der Waals surface area contributed by atoms with Crippen molar-refractivity contribution in [1.82, 2.24) is 10.1 Å². The van der Waals surface area contributed by atoms with Crippen LogP contribution in [-0.2, 0) is 14.9 Å². The van der Waals surface area contributed by atoms with Crippen molar-refractivity contribution >= 4 is 17.6 Å². The highest BCUT2D eigenvalue weighted by Crippen LogP contribution is 2.48. The Kier molecular flexibility index (Phi) is 2.97. The Hall–Kier alpha value is -1.95. The van der Waals surface area contributed by atoms with E-state index in [1.807, 2.05) is 0 Å². The lowest BCUT2D eigenvalue weighted by molar-refractivity contribution is -0.144. The van der Waals surface area contributed by atoms with E-state index in [0.717, 1.165) is 0 Å². The summed E-state index contributed by atoms with van der Waals surface area (Å²) in [7, 11) is 1.32. The number of ether oxygens (including phenoxy) is 1. The van der Waals surface area contributed by atoms with E-state index in [4.69, 9.17) is 20.9 Å². The summed E-state index contributed by atoms with van der Waals surface area (Å²) in [6, 6.07) is 3.88. The number of halogens is 2. The molecule has 0 N–H and O–H groups in total. The fraction of sp³-hybridized carbons (Fsp3) is 0.308. The highest BCUT2D eigenvalue weighted by molar-refractivity contribution is 6.33. The molecule has 20 heavy (non-hydrogen) atoms. The number of nitrogens with zero attached hydrogens (tertiary/aromatic N) is 2. The maximum Gasteiger partial charge on any atom is 0.321 e. The van der Waals surface area contributed by atoms with Crippen LogP contribution in [0.2, 0.25) is 5.02 Å². The lowest BCUT2D eigenvalue weighted by Crippen LogP contribution is -2.22. The maximum atomic E-state index is 13.0. The van der Waals surface area contributed by atoms with Gasteiger partial charge in [0.15, 0.2) is 0 Å². The van der Waals surface area contributed by atoms with E-state index in [2.05, 4.69) is 10.1 Å². The zero-order valence-corrected chi connectivity index (χ0v) is 11.3. The average molecular weight is 297 g/mol. The molecule has 0 unspecified atom stereocenters. The molecule has 0 aliphatic heterocycles. The van der Waals surface area contributed by atoms with Crippen LogP contribution in [0.1, 0.15) is 18.7 Å². The van der Waals surface area contributed by atoms with Crippen LogP contribution in [0.4, 0.5) is 4.39 Å². The Labute approximate surface area is 118 Å². The minimum absolute atomic E-state index is 0.181. The number of benzene rings is 1. The number of hydrogen-bond donors (Lipinski definition) is 0. The van der Waals surface area contributed by atoms with Gasteiger partial charge in [-0.2, -0.15) is 4.98 Å². The Morgan fingerprint density at radius 2 is 2.25 bits per heavy atom. The van der Waals surface area contributed by atoms with Gasteiger partial charge in [0, 0.05) is 5.56 Å². The van der Waals surface area contributed by atoms with Gasteiger partial charge in [-0.3, -0.25) is 4.79 Å². The summed E-state index contributed by atoms with van der Waals surface area (Å²) < 4.78 is 22.9. The fourth-order valence-corrected chi connectivity index (χ4v) is 2.28. The number of carbonyl (C=O) groups is 1. The third-order valence-corrected chi connectivity index (χ3v) is 3.65. The molecule has 1 aliphatic carbocycles. The van der Waals surface area contributed by atoms with Gasteiger partial charge in [-0.1, -0.05) is 16.8 Å². The molecule has 1 fully saturated rings. The Bertz CT molecular complexity index is 682. The Morgan fingerprint density at radius 3 is 2.85 bits per heavy atom. The molecule has 0 saturated heterocycles. The van der Waals surface area contributed by atoms with Crippen LogP contribution in [0.5, 0.6) is 0 Å². The van der Waals surface area contributed by atoms with Crippen LogP contribution >= 0.6 is 11.6 Å². The second-order valence-corrected chi connectivity index (χ2v) is 5.03. The molecule has 5 nitrogen and oxygen atoms in total. The monoisotopic (exact) mass is 296 g/mol. The molecule has 1 saturated carbocycles. The number of rotatable bonds is 3. The highest BCUT2D eigenvalue weighted by atomic mass is 35.5. The van der Waals surface area contributed by atoms with E-state index in [1.54, 1.807) is 0 Å². The molecular formula is C13H10ClFN2O3. The molecule has 0 bridgehead atoms. The van der Waals surface area contributed by atoms with Crippen molar-refractivity contribution in [2.75, 3.05) is 7.11 Å². The van der Waals surface area contributed by atoms with Gasteiger partial charge in [0.2, 0.25) is 11.7 Å². The van der Waals surface area contributed by atoms with Gasteiger partial charge in [-0.15, -0.1) is 0 Å². The molecule has 1 heterocycles. The Balaban J connectivity index is 1.97. The van der Waals surface area contributed by atoms with E-state index in [-0.39, 0.29) is 16.7 Å². The fourth-order valence-electron chi connectivity index (χ4n) is 2.02. The topological polar surface area (TPSA) is 65.2 Å². The third kappa shape index (κ3) is 1.96. The summed E-state index contributed by atoms with van der Waals surface area (Å²) in [6.07, 6.45) is 1.22. The zero-order chi connectivity index (χ0) is 14.3. The average Bonchev–Trinajstić information content (AvgIpc) is 3.10. The molecule has 104 valence electrons. The van der Waals surface area contributed by atoms with Gasteiger partial charge in [0.05, 0.1) is 12.1 Å². The van der Waals surface area contributed by atoms with Gasteiger partial charge in [-0.05, 0) is 31.0 Å². The molecule has 1 aliphatic rings. The van der Waals surface area contributed by atoms with Gasteiger partial charge in [0.25, 0.3) is 0 Å². The Morgan fingerprint density at radius 1 is 1.50 bits per heavy atom. The van der Waals surface area contributed by atoms with Crippen LogP contribution in [0.3, 0.4) is 0 Å². The molecule has 1 aromatic heterocycles. The number of hydrogen-bond acceptors (Lipinski definition) is 5. The van der Waals surface area contributed by atoms with Gasteiger partial charge in [-0.25, -0.2) is 4.39 Å². The predicted molar refractivity (Wildman–Crippen MR) is 67.6 cm³/mol. The minimum Gasteiger partial charge on any atom is -0.468 e. The zero-order valence-electron chi connectivity index (χ0n) is 10.5. The smallest absolute Gasteiger partial charge is 0.321 e. The number of aromatic nitrogens is 2. The van der Waals surface area contributed by atoms with E-state index >= 15 is 0 Å². The molecule has 0 radical (unpaired) electrons. The standard InChI is InChI=1S/C13H10ClFN2O3/c1-19-12(18)13(4-5-13)11-16-10(17-20-11)8-3-2-7(15)6-9(8)14/h2-3,6H,4-5H2,1H3. The van der Waals surface area contributed by atoms with E-state index in [9.17, 15) is 9.18 Å². The van der Waals surface area contributed by atoms with Gasteiger partial charge >= 0.3 is 5.97 Å². The molecule has 0 amide bonds. The maximum absolute atomic E-state index is 13.0. The molecule has 7 heteroatoms. The van der Waals surface area contributed by atoms with Crippen molar-refractivity contribution in [2.24, 2.45) is 0 Å². The van der Waals surface area contributed by atoms with Crippen molar-refractivity contribution in [3.8, 4) is 11.4 Å². The third-order valence-electron chi connectivity index (χ3n) is 3.33. The SMILES string of the molecule is COC(=O)C1(c2nc(-c3ccc(F)cc3Cl)no2)CC1. The summed E-state index contributed by atoms with van der Waals surface area (Å²) in [4.78, 5) is 15.9. The number of methoxy groups -OCH3 is 1. The van der Waals surface area contributed by atoms with Crippen LogP contribution in [0.15, 0.2) is 22.7 Å². The molecule has 1 aromatic carbocycles. The first kappa shape index (κ1) is 13.1. The quantitative estimate of drug-likeness (QED) is 0.815. The van der Waals surface area contributed by atoms with Crippen molar-refractivity contribution in [3.05, 3.63) is 34.9 Å². The van der Waals surface area contributed by atoms with Crippen molar-refractivity contribution < 1.29 is 18.4 Å². The second-order valence-electron chi connectivity index (χ2n) is 4.62. The summed E-state index contributed by atoms with van der Waals surface area (Å²) in [6.45, 7) is 0. The normalized spacial score (nSPS) is 15.9. The summed E-state index contributed by atoms with van der Waals surface area (Å²) in [5, 5.41) is 3.98. The number of esters is 1. The molecule has 0 atom stereocenters. The predicted octanol–water partition coefficient (Wildman–Crippen LogP) is 2.73. The van der Waals surface area contributed by atoms with E-state index < -0.39 is 17.2 Å². The summed E-state index contributed by atoms with van der Waals surface area (Å²) >= 11 is 5.94. The van der Waals surface area contributed by atoms with Crippen molar-refractivity contribution in [3.63, 3.8) is 0 Å². The largest absolute Gasteiger partial charge is 0.468 e. The van der Waals surface area contributed by atoms with Gasteiger partial charge in [0.1, 0.15) is 11.2 Å². The van der Waals surface area contributed by atoms with Crippen molar-refractivity contribution in [1.29, 1.82) is 0 Å². The second kappa shape index (κ2) is 4.56. The first-order chi connectivity index (χ1) is 9.56. The van der Waals surface area contributed by atoms with Gasteiger partial charge < -0.3 is 9.26 Å². The minimum atomic E-state index is -0.827. The molecule has 3 rings (SSSR count). The van der Waals surface area contributed by atoms with E-state index in [0.29, 0.717) is 18.4 Å². The molecule has 0 spiro atoms. The van der Waals surface area contributed by atoms with Crippen LogP contribution < -0.4 is 0 Å². The van der Waals surface area contributed by atoms with Crippen LogP contribution in [0.25, 0.3) is 11.4 Å². The first-order valence-electron chi connectivity index (χ1n) is 5.95. The van der Waals surface area contributed by atoms with Crippen LogP contribution in [-0.4, -0.2) is 23.2 Å². The summed E-state index contributed by atoms with van der Waals surface area (Å²) in [5.41, 5.74) is -0.379. The van der Waals surface area contributed by atoms with E-state index in [1.165, 1.54) is 25.3 Å². The lowest BCUT2D eigenvalue weighted by atomic mass is 10.1. The molecular weight excluding hydrogens is 287 g/mol. The first-order valence-corrected chi connectivity index (χ1v) is 6.33. The highest BCUT2D eigenvalue weighted by Gasteiger charge is 2.57. The molecule has 2 aromatic rings. The lowest BCUT2D eigenvalue weighted by Gasteiger charge is -2.05. The summed E-state index contributed by atoms with van der Waals surface area (Å²) in [5.74, 6) is -0.409. The van der Waals surface area contributed by atoms with Crippen LogP contribution in [0, 0.1) is 5.82 Å².